The second-order valence-electron chi connectivity index (χ2n) is 11.3. The number of rotatable bonds is 2. The van der Waals surface area contributed by atoms with Gasteiger partial charge in [0.2, 0.25) is 5.91 Å². The van der Waals surface area contributed by atoms with E-state index in [4.69, 9.17) is 4.98 Å². The average Bonchev–Trinajstić information content (AvgIpc) is 3.78. The lowest BCUT2D eigenvalue weighted by Gasteiger charge is -2.29. The summed E-state index contributed by atoms with van der Waals surface area (Å²) < 4.78 is 31.7. The van der Waals surface area contributed by atoms with E-state index < -0.39 is 17.7 Å². The molecule has 0 saturated carbocycles. The number of hydrogen-bond acceptors (Lipinski definition) is 9. The van der Waals surface area contributed by atoms with Gasteiger partial charge in [0, 0.05) is 50.6 Å². The fourth-order valence-corrected chi connectivity index (χ4v) is 6.40. The van der Waals surface area contributed by atoms with Crippen LogP contribution < -0.4 is 10.2 Å². The molecule has 1 amide bonds. The number of likely N-dealkylation sites (N-methyl/N-ethyl adjacent to an activating group) is 1. The normalized spacial score (nSPS) is 18.7. The van der Waals surface area contributed by atoms with Gasteiger partial charge in [-0.1, -0.05) is 6.07 Å². The standard InChI is InChI=1S/C31H27F2N11O/c1-41-8-3-9-42-17-37-24-14-34-12-20(28(24)42)23-4-2-5-27(40-23)39-19-11-26(31(41)45)43(15-19)29-21-13-38-44(30(21)36-16-35-29)25-7-6-18(32)10-22(25)33/h2,4-7,10,12-14,16-17,19,26H,3,8-9,11,15H2,1H3,(H,39,40)/t19-,26-/m0/s1. The maximum atomic E-state index is 14.7. The van der Waals surface area contributed by atoms with Crippen molar-refractivity contribution in [1.82, 2.24) is 44.2 Å². The topological polar surface area (TPSA) is 123 Å². The van der Waals surface area contributed by atoms with Gasteiger partial charge in [0.15, 0.2) is 11.5 Å². The van der Waals surface area contributed by atoms with E-state index in [-0.39, 0.29) is 17.6 Å². The molecule has 1 fully saturated rings. The minimum Gasteiger partial charge on any atom is -0.365 e. The van der Waals surface area contributed by atoms with Gasteiger partial charge in [-0.2, -0.15) is 5.10 Å². The summed E-state index contributed by atoms with van der Waals surface area (Å²) in [5.74, 6) is -0.315. The first-order valence-corrected chi connectivity index (χ1v) is 14.6. The van der Waals surface area contributed by atoms with Crippen LogP contribution in [0.15, 0.2) is 67.6 Å². The maximum Gasteiger partial charge on any atom is 0.245 e. The number of fused-ring (bicyclic) bond motifs is 6. The number of carbonyl (C=O) groups is 1. The van der Waals surface area contributed by atoms with Gasteiger partial charge in [-0.3, -0.25) is 9.78 Å². The summed E-state index contributed by atoms with van der Waals surface area (Å²) in [6.45, 7) is 1.64. The number of aromatic nitrogens is 8. The van der Waals surface area contributed by atoms with Crippen LogP contribution in [0.1, 0.15) is 12.8 Å². The van der Waals surface area contributed by atoms with Crippen LogP contribution in [0.4, 0.5) is 20.4 Å². The molecular formula is C31H27F2N11O. The average molecular weight is 608 g/mol. The number of imidazole rings is 1. The third-order valence-electron chi connectivity index (χ3n) is 8.51. The van der Waals surface area contributed by atoms with Gasteiger partial charge in [0.05, 0.1) is 35.3 Å². The quantitative estimate of drug-likeness (QED) is 0.313. The van der Waals surface area contributed by atoms with Gasteiger partial charge in [0.25, 0.3) is 0 Å². The Kier molecular flexibility index (Phi) is 6.36. The smallest absolute Gasteiger partial charge is 0.245 e. The molecule has 12 nitrogen and oxygen atoms in total. The Labute approximate surface area is 255 Å². The highest BCUT2D eigenvalue weighted by Crippen LogP contribution is 2.34. The second kappa shape index (κ2) is 10.6. The fourth-order valence-electron chi connectivity index (χ4n) is 6.40. The SMILES string of the molecule is CN1CCCn2cnc3cncc(c32)-c2cccc(n2)N[C@H]2C[C@@H](C1=O)N(c1ncnc3c1cnn3-c1ccc(F)cc1F)C2. The van der Waals surface area contributed by atoms with Crippen molar-refractivity contribution >= 4 is 39.6 Å². The zero-order chi connectivity index (χ0) is 30.7. The van der Waals surface area contributed by atoms with Crippen LogP contribution in [-0.4, -0.2) is 82.3 Å². The first-order valence-electron chi connectivity index (χ1n) is 14.6. The summed E-state index contributed by atoms with van der Waals surface area (Å²) in [5, 5.41) is 8.45. The van der Waals surface area contributed by atoms with Crippen LogP contribution in [-0.2, 0) is 11.3 Å². The summed E-state index contributed by atoms with van der Waals surface area (Å²) in [5.41, 5.74) is 3.81. The first-order chi connectivity index (χ1) is 21.9. The minimum absolute atomic E-state index is 0.0417. The lowest BCUT2D eigenvalue weighted by molar-refractivity contribution is -0.131. The van der Waals surface area contributed by atoms with Crippen LogP contribution in [0.25, 0.3) is 39.0 Å². The van der Waals surface area contributed by atoms with E-state index in [1.165, 1.54) is 23.1 Å². The maximum absolute atomic E-state index is 14.7. The number of benzene rings is 1. The molecular weight excluding hydrogens is 580 g/mol. The summed E-state index contributed by atoms with van der Waals surface area (Å²) in [7, 11) is 1.82. The Morgan fingerprint density at radius 3 is 2.82 bits per heavy atom. The fraction of sp³-hybridized carbons (Fsp3) is 0.258. The molecule has 2 aliphatic heterocycles. The highest BCUT2D eigenvalue weighted by atomic mass is 19.1. The number of carbonyl (C=O) groups excluding carboxylic acids is 1. The van der Waals surface area contributed by atoms with Crippen LogP contribution in [0.3, 0.4) is 0 Å². The van der Waals surface area contributed by atoms with Crippen LogP contribution in [0.5, 0.6) is 0 Å². The highest BCUT2D eigenvalue weighted by Gasteiger charge is 2.40. The number of pyridine rings is 2. The molecule has 14 heteroatoms. The van der Waals surface area contributed by atoms with E-state index in [0.29, 0.717) is 55.1 Å². The van der Waals surface area contributed by atoms with Crippen molar-refractivity contribution in [2.24, 2.45) is 0 Å². The number of amides is 1. The van der Waals surface area contributed by atoms with E-state index in [9.17, 15) is 13.6 Å². The monoisotopic (exact) mass is 607 g/mol. The van der Waals surface area contributed by atoms with Gasteiger partial charge < -0.3 is 19.7 Å². The zero-order valence-electron chi connectivity index (χ0n) is 24.2. The van der Waals surface area contributed by atoms with Crippen molar-refractivity contribution < 1.29 is 13.6 Å². The Hall–Kier alpha value is -5.53. The molecule has 1 saturated heterocycles. The Morgan fingerprint density at radius 1 is 1.02 bits per heavy atom. The first kappa shape index (κ1) is 27.0. The van der Waals surface area contributed by atoms with E-state index in [1.807, 2.05) is 36.3 Å². The van der Waals surface area contributed by atoms with Gasteiger partial charge in [0.1, 0.15) is 41.0 Å². The Balaban J connectivity index is 1.19. The van der Waals surface area contributed by atoms with Crippen molar-refractivity contribution in [2.45, 2.75) is 31.5 Å². The Morgan fingerprint density at radius 2 is 1.93 bits per heavy atom. The molecule has 45 heavy (non-hydrogen) atoms. The van der Waals surface area contributed by atoms with Gasteiger partial charge in [-0.05, 0) is 37.1 Å². The van der Waals surface area contributed by atoms with Crippen molar-refractivity contribution in [2.75, 3.05) is 30.4 Å². The van der Waals surface area contributed by atoms with E-state index in [0.717, 1.165) is 28.4 Å². The molecule has 0 spiro atoms. The van der Waals surface area contributed by atoms with E-state index in [2.05, 4.69) is 34.9 Å². The molecule has 5 aromatic heterocycles. The van der Waals surface area contributed by atoms with Crippen LogP contribution in [0, 0.1) is 11.6 Å². The number of hydrogen-bond donors (Lipinski definition) is 1. The van der Waals surface area contributed by atoms with Gasteiger partial charge in [-0.25, -0.2) is 33.4 Å². The van der Waals surface area contributed by atoms with E-state index in [1.54, 1.807) is 23.6 Å². The third-order valence-corrected chi connectivity index (χ3v) is 8.51. The molecule has 0 unspecified atom stereocenters. The molecule has 2 aliphatic rings. The number of anilines is 2. The number of nitrogens with zero attached hydrogens (tertiary/aromatic N) is 10. The molecule has 8 rings (SSSR count). The van der Waals surface area contributed by atoms with Crippen molar-refractivity contribution in [1.29, 1.82) is 0 Å². The molecule has 2 atom stereocenters. The lowest BCUT2D eigenvalue weighted by atomic mass is 10.1. The van der Waals surface area contributed by atoms with Crippen molar-refractivity contribution in [3.05, 3.63) is 79.3 Å². The molecule has 1 aromatic carbocycles. The predicted octanol–water partition coefficient (Wildman–Crippen LogP) is 3.82. The summed E-state index contributed by atoms with van der Waals surface area (Å²) in [6, 6.07) is 8.42. The number of halogens is 2. The van der Waals surface area contributed by atoms with Crippen molar-refractivity contribution in [3.8, 4) is 16.9 Å². The molecule has 0 aliphatic carbocycles. The Bertz CT molecular complexity index is 2090. The molecule has 7 heterocycles. The highest BCUT2D eigenvalue weighted by molar-refractivity contribution is 5.93. The molecule has 0 radical (unpaired) electrons. The van der Waals surface area contributed by atoms with Crippen molar-refractivity contribution in [3.63, 3.8) is 0 Å². The zero-order valence-corrected chi connectivity index (χ0v) is 24.2. The van der Waals surface area contributed by atoms with E-state index >= 15 is 0 Å². The molecule has 1 N–H and O–H groups in total. The predicted molar refractivity (Wildman–Crippen MR) is 163 cm³/mol. The van der Waals surface area contributed by atoms with Gasteiger partial charge >= 0.3 is 0 Å². The summed E-state index contributed by atoms with van der Waals surface area (Å²) in [6.07, 6.45) is 9.50. The second-order valence-corrected chi connectivity index (χ2v) is 11.3. The number of nitrogens with one attached hydrogen (secondary N) is 1. The lowest BCUT2D eigenvalue weighted by Crippen LogP contribution is -2.45. The molecule has 6 aromatic rings. The minimum atomic E-state index is -0.766. The van der Waals surface area contributed by atoms with Crippen LogP contribution >= 0.6 is 0 Å². The largest absolute Gasteiger partial charge is 0.365 e. The molecule has 4 bridgehead atoms. The van der Waals surface area contributed by atoms with Crippen LogP contribution in [0.2, 0.25) is 0 Å². The summed E-state index contributed by atoms with van der Waals surface area (Å²) in [4.78, 5) is 40.6. The third kappa shape index (κ3) is 4.60. The summed E-state index contributed by atoms with van der Waals surface area (Å²) >= 11 is 0. The number of aryl methyl sites for hydroxylation is 1. The van der Waals surface area contributed by atoms with Gasteiger partial charge in [-0.15, -0.1) is 0 Å². The molecule has 226 valence electrons.